The van der Waals surface area contributed by atoms with Crippen molar-refractivity contribution in [3.63, 3.8) is 0 Å². The maximum Gasteiger partial charge on any atom is 0.311 e. The summed E-state index contributed by atoms with van der Waals surface area (Å²) in [7, 11) is 0. The molecule has 0 bridgehead atoms. The second-order valence-corrected chi connectivity index (χ2v) is 11.8. The van der Waals surface area contributed by atoms with E-state index in [1.54, 1.807) is 37.3 Å². The van der Waals surface area contributed by atoms with Crippen LogP contribution in [0.1, 0.15) is 17.5 Å². The average Bonchev–Trinajstić information content (AvgIpc) is 3.49. The molecule has 0 atom stereocenters. The third kappa shape index (κ3) is 9.06. The van der Waals surface area contributed by atoms with Gasteiger partial charge < -0.3 is 19.9 Å². The second-order valence-electron chi connectivity index (χ2n) is 10.0. The average molecular weight is 739 g/mol. The monoisotopic (exact) mass is 736 g/mol. The molecule has 1 N–H and O–H groups in total. The number of piperazine rings is 1. The molecule has 4 aromatic rings. The Hall–Kier alpha value is -3.45. The van der Waals surface area contributed by atoms with Gasteiger partial charge in [0.2, 0.25) is 0 Å². The number of ether oxygens (including phenoxy) is 1. The molecule has 0 aliphatic carbocycles. The van der Waals surface area contributed by atoms with E-state index in [4.69, 9.17) is 37.9 Å². The Balaban J connectivity index is 0.00000461. The minimum absolute atomic E-state index is 0. The molecule has 5 rings (SSSR count). The highest BCUT2D eigenvalue weighted by Crippen LogP contribution is 2.32. The summed E-state index contributed by atoms with van der Waals surface area (Å²) in [6.45, 7) is 5.91. The van der Waals surface area contributed by atoms with Crippen LogP contribution in [-0.4, -0.2) is 60.1 Å². The Bertz CT molecular complexity index is 1630. The first kappa shape index (κ1) is 34.4. The fraction of sp³-hybridized carbons (Fsp3) is 0.290. The van der Waals surface area contributed by atoms with Crippen LogP contribution in [0.3, 0.4) is 0 Å². The number of benzene rings is 3. The van der Waals surface area contributed by atoms with Crippen molar-refractivity contribution < 1.29 is 14.1 Å². The Morgan fingerprint density at radius 3 is 2.56 bits per heavy atom. The van der Waals surface area contributed by atoms with Crippen LogP contribution in [0.2, 0.25) is 10.0 Å². The van der Waals surface area contributed by atoms with Crippen molar-refractivity contribution in [2.45, 2.75) is 19.9 Å². The lowest BCUT2D eigenvalue weighted by Gasteiger charge is -2.38. The molecule has 0 unspecified atom stereocenters. The number of halogens is 4. The molecule has 3 aromatic carbocycles. The molecule has 0 amide bonds. The van der Waals surface area contributed by atoms with E-state index in [1.165, 1.54) is 29.5 Å². The molecule has 14 heteroatoms. The van der Waals surface area contributed by atoms with Gasteiger partial charge in [0.1, 0.15) is 10.8 Å². The van der Waals surface area contributed by atoms with E-state index in [1.807, 2.05) is 17.5 Å². The van der Waals surface area contributed by atoms with Crippen LogP contribution in [0.15, 0.2) is 71.0 Å². The fourth-order valence-electron chi connectivity index (χ4n) is 4.88. The first-order chi connectivity index (χ1) is 21.3. The highest BCUT2D eigenvalue weighted by molar-refractivity contribution is 8.93. The predicted octanol–water partition coefficient (Wildman–Crippen LogP) is 7.65. The maximum atomic E-state index is 13.4. The number of aliphatic imine (C=N–C) groups is 1. The van der Waals surface area contributed by atoms with Crippen LogP contribution < -0.4 is 15.0 Å². The van der Waals surface area contributed by atoms with Gasteiger partial charge in [0.25, 0.3) is 0 Å². The third-order valence-corrected chi connectivity index (χ3v) is 8.55. The van der Waals surface area contributed by atoms with Gasteiger partial charge in [0.15, 0.2) is 11.7 Å². The molecule has 45 heavy (non-hydrogen) atoms. The van der Waals surface area contributed by atoms with Gasteiger partial charge in [-0.25, -0.2) is 14.4 Å². The second kappa shape index (κ2) is 16.2. The van der Waals surface area contributed by atoms with E-state index in [0.29, 0.717) is 62.3 Å². The molecule has 0 spiro atoms. The lowest BCUT2D eigenvalue weighted by Crippen LogP contribution is -2.52. The van der Waals surface area contributed by atoms with Gasteiger partial charge >= 0.3 is 5.69 Å². The van der Waals surface area contributed by atoms with Crippen LogP contribution in [0.4, 0.5) is 15.8 Å². The first-order valence-electron chi connectivity index (χ1n) is 14.1. The topological polar surface area (TPSA) is 96.1 Å². The number of anilines is 1. The van der Waals surface area contributed by atoms with E-state index in [-0.39, 0.29) is 34.2 Å². The molecule has 9 nitrogen and oxygen atoms in total. The van der Waals surface area contributed by atoms with Crippen LogP contribution in [-0.2, 0) is 13.0 Å². The summed E-state index contributed by atoms with van der Waals surface area (Å²) < 4.78 is 18.9. The lowest BCUT2D eigenvalue weighted by molar-refractivity contribution is -0.385. The van der Waals surface area contributed by atoms with Gasteiger partial charge in [-0.15, -0.1) is 28.3 Å². The molecule has 1 fully saturated rings. The minimum Gasteiger partial charge on any atom is -0.487 e. The number of nitro benzene ring substituents is 1. The molecular formula is C31H32BrCl2FN6O3S. The summed E-state index contributed by atoms with van der Waals surface area (Å²) in [6, 6.07) is 16.8. The number of nitrogens with one attached hydrogen (secondary N) is 1. The van der Waals surface area contributed by atoms with Gasteiger partial charge in [-0.05, 0) is 61.4 Å². The Morgan fingerprint density at radius 2 is 1.87 bits per heavy atom. The fourth-order valence-corrected chi connectivity index (χ4v) is 6.11. The largest absolute Gasteiger partial charge is 0.487 e. The predicted molar refractivity (Wildman–Crippen MR) is 185 cm³/mol. The SMILES string of the molecule is Br.CCOc1cc(N2CCN(C(=NCc3nc(-c4ccc(F)cc4)cs3)NCCc3ccc(Cl)cc3Cl)CC2)ccc1[N+](=O)[O-]. The Labute approximate surface area is 285 Å². The minimum atomic E-state index is -0.427. The van der Waals surface area contributed by atoms with Gasteiger partial charge in [0, 0.05) is 71.5 Å². The standard InChI is InChI=1S/C31H31Cl2FN6O3S.BrH/c1-2-43-29-18-25(9-10-28(29)40(41)42)38-13-15-39(16-14-38)31(35-12-11-21-3-6-23(32)17-26(21)33)36-19-30-37-27(20-44-30)22-4-7-24(34)8-5-22;/h3-10,17-18,20H,2,11-16,19H2,1H3,(H,35,36);1H. The molecule has 0 saturated carbocycles. The molecule has 1 aliphatic rings. The summed E-state index contributed by atoms with van der Waals surface area (Å²) in [5.41, 5.74) is 3.46. The molecule has 1 saturated heterocycles. The van der Waals surface area contributed by atoms with Crippen molar-refractivity contribution >= 4 is 68.9 Å². The van der Waals surface area contributed by atoms with Crippen LogP contribution in [0, 0.1) is 15.9 Å². The summed E-state index contributed by atoms with van der Waals surface area (Å²) in [5.74, 6) is 0.741. The molecule has 2 heterocycles. The number of hydrogen-bond acceptors (Lipinski definition) is 7. The van der Waals surface area contributed by atoms with E-state index >= 15 is 0 Å². The van der Waals surface area contributed by atoms with Crippen molar-refractivity contribution in [3.05, 3.63) is 103 Å². The lowest BCUT2D eigenvalue weighted by atomic mass is 10.1. The highest BCUT2D eigenvalue weighted by atomic mass is 79.9. The highest BCUT2D eigenvalue weighted by Gasteiger charge is 2.23. The number of guanidine groups is 1. The molecule has 1 aromatic heterocycles. The van der Waals surface area contributed by atoms with Gasteiger partial charge in [-0.3, -0.25) is 10.1 Å². The summed E-state index contributed by atoms with van der Waals surface area (Å²) in [4.78, 5) is 25.0. The van der Waals surface area contributed by atoms with Gasteiger partial charge in [0.05, 0.1) is 23.8 Å². The summed E-state index contributed by atoms with van der Waals surface area (Å²) in [5, 5.41) is 18.9. The van der Waals surface area contributed by atoms with Crippen LogP contribution in [0.25, 0.3) is 11.3 Å². The van der Waals surface area contributed by atoms with Crippen molar-refractivity contribution in [1.82, 2.24) is 15.2 Å². The molecular weight excluding hydrogens is 706 g/mol. The number of hydrogen-bond donors (Lipinski definition) is 1. The normalized spacial score (nSPS) is 13.4. The third-order valence-electron chi connectivity index (χ3n) is 7.13. The van der Waals surface area contributed by atoms with E-state index in [9.17, 15) is 14.5 Å². The zero-order chi connectivity index (χ0) is 31.1. The number of thiazole rings is 1. The van der Waals surface area contributed by atoms with Crippen molar-refractivity contribution in [2.75, 3.05) is 44.2 Å². The van der Waals surface area contributed by atoms with Crippen LogP contribution >= 0.6 is 51.5 Å². The molecule has 238 valence electrons. The number of aromatic nitrogens is 1. The molecule has 1 aliphatic heterocycles. The molecule has 0 radical (unpaired) electrons. The van der Waals surface area contributed by atoms with Crippen molar-refractivity contribution in [3.8, 4) is 17.0 Å². The smallest absolute Gasteiger partial charge is 0.311 e. The van der Waals surface area contributed by atoms with Crippen molar-refractivity contribution in [1.29, 1.82) is 0 Å². The quantitative estimate of drug-likeness (QED) is 0.0773. The van der Waals surface area contributed by atoms with Gasteiger partial charge in [-0.1, -0.05) is 29.3 Å². The summed E-state index contributed by atoms with van der Waals surface area (Å²) >= 11 is 14.0. The van der Waals surface area contributed by atoms with Gasteiger partial charge in [-0.2, -0.15) is 0 Å². The Kier molecular flexibility index (Phi) is 12.4. The zero-order valence-electron chi connectivity index (χ0n) is 24.4. The maximum absolute atomic E-state index is 13.4. The van der Waals surface area contributed by atoms with E-state index < -0.39 is 4.92 Å². The first-order valence-corrected chi connectivity index (χ1v) is 15.8. The summed E-state index contributed by atoms with van der Waals surface area (Å²) in [6.07, 6.45) is 0.684. The number of nitro groups is 1. The zero-order valence-corrected chi connectivity index (χ0v) is 28.5. The van der Waals surface area contributed by atoms with Crippen molar-refractivity contribution in [2.24, 2.45) is 4.99 Å². The van der Waals surface area contributed by atoms with E-state index in [0.717, 1.165) is 33.5 Å². The number of nitrogens with zero attached hydrogens (tertiary/aromatic N) is 5. The Morgan fingerprint density at radius 1 is 1.11 bits per heavy atom. The van der Waals surface area contributed by atoms with E-state index in [2.05, 4.69) is 15.1 Å². The number of rotatable bonds is 10. The van der Waals surface area contributed by atoms with Crippen LogP contribution in [0.5, 0.6) is 5.75 Å².